The van der Waals surface area contributed by atoms with Crippen LogP contribution in [-0.4, -0.2) is 53.6 Å². The van der Waals surface area contributed by atoms with Gasteiger partial charge in [-0.25, -0.2) is 14.6 Å². The molecule has 3 rings (SSSR count). The zero-order valence-corrected chi connectivity index (χ0v) is 16.7. The van der Waals surface area contributed by atoms with Crippen molar-refractivity contribution < 1.29 is 19.4 Å². The minimum atomic E-state index is -1.01. The average molecular weight is 391 g/mol. The maximum Gasteiger partial charge on any atom is 0.413 e. The summed E-state index contributed by atoms with van der Waals surface area (Å²) < 4.78 is 5.36. The van der Waals surface area contributed by atoms with E-state index in [0.29, 0.717) is 24.6 Å². The second-order valence-electron chi connectivity index (χ2n) is 8.33. The standard InChI is InChI=1S/C19H29N5O4/c1-19(2,3)28-17(25)22-12-6-4-8-23(11-12)15-13-7-5-9-24(18(26)27)16(13)21-10-14(15)20/h10,12H,4-9,11,20H2,1-3H3,(H,22,25)(H,26,27)/t12-/m0/s1. The quantitative estimate of drug-likeness (QED) is 0.708. The molecule has 154 valence electrons. The van der Waals surface area contributed by atoms with E-state index in [1.807, 2.05) is 20.8 Å². The summed E-state index contributed by atoms with van der Waals surface area (Å²) in [6.45, 7) is 7.31. The summed E-state index contributed by atoms with van der Waals surface area (Å²) in [6.07, 6.45) is 3.29. The minimum Gasteiger partial charge on any atom is -0.465 e. The van der Waals surface area contributed by atoms with Gasteiger partial charge in [0, 0.05) is 31.2 Å². The molecule has 0 aliphatic carbocycles. The van der Waals surface area contributed by atoms with Crippen LogP contribution in [0.3, 0.4) is 0 Å². The molecule has 0 aromatic carbocycles. The first-order valence-corrected chi connectivity index (χ1v) is 9.68. The van der Waals surface area contributed by atoms with Crippen LogP contribution >= 0.6 is 0 Å². The molecule has 2 aliphatic heterocycles. The number of amides is 2. The maximum absolute atomic E-state index is 12.1. The number of fused-ring (bicyclic) bond motifs is 1. The molecule has 4 N–H and O–H groups in total. The van der Waals surface area contributed by atoms with Crippen molar-refractivity contribution in [3.63, 3.8) is 0 Å². The molecule has 0 spiro atoms. The van der Waals surface area contributed by atoms with Crippen molar-refractivity contribution in [3.8, 4) is 0 Å². The topological polar surface area (TPSA) is 121 Å². The number of aromatic nitrogens is 1. The lowest BCUT2D eigenvalue weighted by molar-refractivity contribution is 0.0500. The third-order valence-electron chi connectivity index (χ3n) is 4.91. The monoisotopic (exact) mass is 391 g/mol. The van der Waals surface area contributed by atoms with Gasteiger partial charge < -0.3 is 25.8 Å². The highest BCUT2D eigenvalue weighted by atomic mass is 16.6. The number of carboxylic acid groups (broad SMARTS) is 1. The van der Waals surface area contributed by atoms with Crippen LogP contribution in [0.25, 0.3) is 0 Å². The molecular formula is C19H29N5O4. The van der Waals surface area contributed by atoms with Gasteiger partial charge in [0.1, 0.15) is 11.4 Å². The van der Waals surface area contributed by atoms with Crippen LogP contribution in [0.4, 0.5) is 26.8 Å². The first kappa shape index (κ1) is 20.0. The van der Waals surface area contributed by atoms with E-state index in [4.69, 9.17) is 10.5 Å². The summed E-state index contributed by atoms with van der Waals surface area (Å²) in [5.74, 6) is 0.463. The van der Waals surface area contributed by atoms with E-state index in [1.54, 1.807) is 0 Å². The molecule has 9 heteroatoms. The number of carbonyl (C=O) groups is 2. The smallest absolute Gasteiger partial charge is 0.413 e. The Kier molecular flexibility index (Phi) is 5.53. The van der Waals surface area contributed by atoms with Crippen LogP contribution in [-0.2, 0) is 11.2 Å². The highest BCUT2D eigenvalue weighted by Gasteiger charge is 2.31. The number of nitrogens with two attached hydrogens (primary N) is 1. The molecule has 2 aliphatic rings. The molecule has 0 unspecified atom stereocenters. The summed E-state index contributed by atoms with van der Waals surface area (Å²) >= 11 is 0. The normalized spacial score (nSPS) is 19.8. The van der Waals surface area contributed by atoms with E-state index < -0.39 is 17.8 Å². The number of rotatable bonds is 2. The molecule has 0 radical (unpaired) electrons. The van der Waals surface area contributed by atoms with Gasteiger partial charge >= 0.3 is 12.2 Å². The summed E-state index contributed by atoms with van der Waals surface area (Å²) in [5.41, 5.74) is 7.93. The molecule has 0 bridgehead atoms. The van der Waals surface area contributed by atoms with E-state index in [0.717, 1.165) is 43.5 Å². The van der Waals surface area contributed by atoms with Crippen molar-refractivity contribution in [1.82, 2.24) is 10.3 Å². The fourth-order valence-electron chi connectivity index (χ4n) is 3.86. The van der Waals surface area contributed by atoms with E-state index in [-0.39, 0.29) is 6.04 Å². The Balaban J connectivity index is 1.81. The number of ether oxygens (including phenoxy) is 1. The maximum atomic E-state index is 12.1. The van der Waals surface area contributed by atoms with Gasteiger partial charge in [-0.15, -0.1) is 0 Å². The SMILES string of the molecule is CC(C)(C)OC(=O)N[C@H]1CCCN(c2c(N)cnc3c2CCCN3C(=O)O)C1. The number of anilines is 3. The second-order valence-corrected chi connectivity index (χ2v) is 8.33. The molecule has 1 aromatic rings. The number of carbonyl (C=O) groups excluding carboxylic acids is 1. The van der Waals surface area contributed by atoms with Gasteiger partial charge in [-0.1, -0.05) is 0 Å². The Hall–Kier alpha value is -2.71. The van der Waals surface area contributed by atoms with Gasteiger partial charge in [0.2, 0.25) is 0 Å². The van der Waals surface area contributed by atoms with Crippen LogP contribution in [0.5, 0.6) is 0 Å². The molecule has 1 aromatic heterocycles. The first-order chi connectivity index (χ1) is 13.2. The number of nitrogens with zero attached hydrogens (tertiary/aromatic N) is 3. The number of nitrogen functional groups attached to an aromatic ring is 1. The van der Waals surface area contributed by atoms with Crippen molar-refractivity contribution >= 4 is 29.4 Å². The molecule has 1 saturated heterocycles. The number of piperidine rings is 1. The number of nitrogens with one attached hydrogen (secondary N) is 1. The molecule has 3 heterocycles. The third-order valence-corrected chi connectivity index (χ3v) is 4.91. The number of pyridine rings is 1. The molecule has 0 saturated carbocycles. The van der Waals surface area contributed by atoms with Gasteiger partial charge in [-0.2, -0.15) is 0 Å². The number of hydrogen-bond acceptors (Lipinski definition) is 6. The molecule has 2 amide bonds. The second kappa shape index (κ2) is 7.73. The lowest BCUT2D eigenvalue weighted by Crippen LogP contribution is -2.49. The van der Waals surface area contributed by atoms with Crippen LogP contribution in [0, 0.1) is 0 Å². The van der Waals surface area contributed by atoms with Crippen LogP contribution in [0.15, 0.2) is 6.20 Å². The van der Waals surface area contributed by atoms with E-state index in [9.17, 15) is 14.7 Å². The Morgan fingerprint density at radius 3 is 2.75 bits per heavy atom. The number of hydrogen-bond donors (Lipinski definition) is 3. The van der Waals surface area contributed by atoms with Crippen molar-refractivity contribution in [1.29, 1.82) is 0 Å². The van der Waals surface area contributed by atoms with E-state index in [1.165, 1.54) is 11.1 Å². The fraction of sp³-hybridized carbons (Fsp3) is 0.632. The van der Waals surface area contributed by atoms with Crippen LogP contribution < -0.4 is 20.9 Å². The van der Waals surface area contributed by atoms with Gasteiger partial charge in [0.15, 0.2) is 0 Å². The summed E-state index contributed by atoms with van der Waals surface area (Å²) in [6, 6.07) is -0.0639. The Bertz CT molecular complexity index is 761. The zero-order valence-electron chi connectivity index (χ0n) is 16.7. The van der Waals surface area contributed by atoms with Gasteiger partial charge in [-0.05, 0) is 46.5 Å². The summed E-state index contributed by atoms with van der Waals surface area (Å²) in [7, 11) is 0. The first-order valence-electron chi connectivity index (χ1n) is 9.68. The van der Waals surface area contributed by atoms with Gasteiger partial charge in [-0.3, -0.25) is 4.90 Å². The highest BCUT2D eigenvalue weighted by Crippen LogP contribution is 2.38. The van der Waals surface area contributed by atoms with Crippen molar-refractivity contribution in [3.05, 3.63) is 11.8 Å². The zero-order chi connectivity index (χ0) is 20.5. The van der Waals surface area contributed by atoms with Crippen molar-refractivity contribution in [2.45, 2.75) is 58.1 Å². The Morgan fingerprint density at radius 2 is 2.07 bits per heavy atom. The summed E-state index contributed by atoms with van der Waals surface area (Å²) in [5, 5.41) is 12.4. The fourth-order valence-corrected chi connectivity index (χ4v) is 3.86. The van der Waals surface area contributed by atoms with Crippen molar-refractivity contribution in [2.24, 2.45) is 0 Å². The molecule has 28 heavy (non-hydrogen) atoms. The average Bonchev–Trinajstić information content (AvgIpc) is 2.59. The molecule has 1 fully saturated rings. The predicted molar refractivity (Wildman–Crippen MR) is 107 cm³/mol. The predicted octanol–water partition coefficient (Wildman–Crippen LogP) is 2.59. The van der Waals surface area contributed by atoms with E-state index >= 15 is 0 Å². The van der Waals surface area contributed by atoms with Gasteiger partial charge in [0.05, 0.1) is 17.6 Å². The highest BCUT2D eigenvalue weighted by molar-refractivity contribution is 5.89. The van der Waals surface area contributed by atoms with Crippen molar-refractivity contribution in [2.75, 3.05) is 35.2 Å². The van der Waals surface area contributed by atoms with Crippen LogP contribution in [0.1, 0.15) is 45.6 Å². The molecule has 9 nitrogen and oxygen atoms in total. The Morgan fingerprint density at radius 1 is 1.32 bits per heavy atom. The third kappa shape index (κ3) is 4.40. The molecular weight excluding hydrogens is 362 g/mol. The van der Waals surface area contributed by atoms with E-state index in [2.05, 4.69) is 15.2 Å². The minimum absolute atomic E-state index is 0.0639. The van der Waals surface area contributed by atoms with Gasteiger partial charge in [0.25, 0.3) is 0 Å². The number of alkyl carbamates (subject to hydrolysis) is 1. The van der Waals surface area contributed by atoms with Crippen LogP contribution in [0.2, 0.25) is 0 Å². The largest absolute Gasteiger partial charge is 0.465 e. The lowest BCUT2D eigenvalue weighted by Gasteiger charge is -2.38. The summed E-state index contributed by atoms with van der Waals surface area (Å²) in [4.78, 5) is 31.4. The lowest BCUT2D eigenvalue weighted by atomic mass is 9.99. The Labute approximate surface area is 164 Å². The molecule has 1 atom stereocenters.